The molecule has 5 heteroatoms. The maximum absolute atomic E-state index is 12.7. The van der Waals surface area contributed by atoms with E-state index in [1.165, 1.54) is 0 Å². The van der Waals surface area contributed by atoms with E-state index in [4.69, 9.17) is 4.74 Å². The van der Waals surface area contributed by atoms with Gasteiger partial charge in [-0.2, -0.15) is 0 Å². The molecular weight excluding hydrogens is 272 g/mol. The van der Waals surface area contributed by atoms with Crippen molar-refractivity contribution in [3.05, 3.63) is 29.3 Å². The van der Waals surface area contributed by atoms with Crippen molar-refractivity contribution in [3.63, 3.8) is 0 Å². The van der Waals surface area contributed by atoms with Crippen molar-refractivity contribution < 1.29 is 24.2 Å². The summed E-state index contributed by atoms with van der Waals surface area (Å²) in [5.74, 6) is -1.80. The highest BCUT2D eigenvalue weighted by Crippen LogP contribution is 2.48. The molecule has 5 nitrogen and oxygen atoms in total. The Morgan fingerprint density at radius 1 is 1.38 bits per heavy atom. The summed E-state index contributed by atoms with van der Waals surface area (Å²) in [6.45, 7) is 0. The Balaban J connectivity index is 1.96. The Bertz CT molecular complexity index is 648. The lowest BCUT2D eigenvalue weighted by Crippen LogP contribution is -2.41. The van der Waals surface area contributed by atoms with Crippen LogP contribution in [0.25, 0.3) is 0 Å². The van der Waals surface area contributed by atoms with Crippen molar-refractivity contribution in [1.82, 2.24) is 0 Å². The van der Waals surface area contributed by atoms with E-state index in [0.29, 0.717) is 24.2 Å². The number of aliphatic carboxylic acids is 1. The van der Waals surface area contributed by atoms with Crippen molar-refractivity contribution in [1.29, 1.82) is 0 Å². The van der Waals surface area contributed by atoms with Crippen LogP contribution in [0.2, 0.25) is 0 Å². The van der Waals surface area contributed by atoms with Crippen LogP contribution in [0.4, 0.5) is 0 Å². The number of hydrogen-bond acceptors (Lipinski definition) is 4. The van der Waals surface area contributed by atoms with E-state index in [0.717, 1.165) is 5.56 Å². The van der Waals surface area contributed by atoms with E-state index in [1.54, 1.807) is 19.2 Å². The van der Waals surface area contributed by atoms with E-state index < -0.39 is 17.3 Å². The third kappa shape index (κ3) is 2.04. The van der Waals surface area contributed by atoms with Gasteiger partial charge in [0, 0.05) is 17.4 Å². The second-order valence-corrected chi connectivity index (χ2v) is 5.87. The molecule has 2 aliphatic carbocycles. The topological polar surface area (TPSA) is 80.7 Å². The summed E-state index contributed by atoms with van der Waals surface area (Å²) in [5.41, 5.74) is 0.790. The van der Waals surface area contributed by atoms with Gasteiger partial charge in [-0.3, -0.25) is 14.4 Å². The van der Waals surface area contributed by atoms with Crippen LogP contribution in [0.3, 0.4) is 0 Å². The SMILES string of the molecule is COc1ccc2c(c1)C[C@]1(CCC(=O)[C@@H](C(=O)O)C1)C2=O. The largest absolute Gasteiger partial charge is 0.497 e. The van der Waals surface area contributed by atoms with Crippen LogP contribution in [0, 0.1) is 11.3 Å². The van der Waals surface area contributed by atoms with Gasteiger partial charge in [-0.05, 0) is 43.0 Å². The van der Waals surface area contributed by atoms with Gasteiger partial charge < -0.3 is 9.84 Å². The molecular formula is C16H16O5. The first-order valence-corrected chi connectivity index (χ1v) is 6.94. The monoisotopic (exact) mass is 288 g/mol. The van der Waals surface area contributed by atoms with Crippen LogP contribution in [-0.2, 0) is 16.0 Å². The molecule has 0 unspecified atom stereocenters. The summed E-state index contributed by atoms with van der Waals surface area (Å²) in [4.78, 5) is 35.7. The lowest BCUT2D eigenvalue weighted by molar-refractivity contribution is -0.149. The number of rotatable bonds is 2. The molecule has 3 rings (SSSR count). The van der Waals surface area contributed by atoms with Gasteiger partial charge in [0.25, 0.3) is 0 Å². The number of carboxylic acid groups (broad SMARTS) is 1. The summed E-state index contributed by atoms with van der Waals surface area (Å²) in [6.07, 6.45) is 1.20. The molecule has 110 valence electrons. The standard InChI is InChI=1S/C16H16O5/c1-21-10-2-3-11-9(6-10)7-16(14(11)18)5-4-13(17)12(8-16)15(19)20/h2-3,6,12H,4-5,7-8H2,1H3,(H,19,20)/t12-,16-/m0/s1. The Hall–Kier alpha value is -2.17. The van der Waals surface area contributed by atoms with Crippen LogP contribution in [-0.4, -0.2) is 29.8 Å². The average Bonchev–Trinajstić information content (AvgIpc) is 2.73. The lowest BCUT2D eigenvalue weighted by atomic mass is 9.67. The van der Waals surface area contributed by atoms with Crippen molar-refractivity contribution in [2.75, 3.05) is 7.11 Å². The Morgan fingerprint density at radius 3 is 2.81 bits per heavy atom. The molecule has 0 saturated heterocycles. The fourth-order valence-corrected chi connectivity index (χ4v) is 3.53. The number of ketones is 2. The molecule has 1 saturated carbocycles. The zero-order chi connectivity index (χ0) is 15.2. The molecule has 0 bridgehead atoms. The molecule has 0 heterocycles. The fourth-order valence-electron chi connectivity index (χ4n) is 3.53. The number of hydrogen-bond donors (Lipinski definition) is 1. The van der Waals surface area contributed by atoms with Crippen molar-refractivity contribution in [2.45, 2.75) is 25.7 Å². The van der Waals surface area contributed by atoms with Gasteiger partial charge in [-0.25, -0.2) is 0 Å². The van der Waals surface area contributed by atoms with Gasteiger partial charge in [0.2, 0.25) is 0 Å². The smallest absolute Gasteiger partial charge is 0.314 e. The first-order valence-electron chi connectivity index (χ1n) is 6.94. The van der Waals surface area contributed by atoms with E-state index in [1.807, 2.05) is 6.07 Å². The Kier molecular flexibility index (Phi) is 3.08. The molecule has 0 aliphatic heterocycles. The number of methoxy groups -OCH3 is 1. The number of Topliss-reactive ketones (excluding diaryl/α,β-unsaturated/α-hetero) is 2. The van der Waals surface area contributed by atoms with Gasteiger partial charge >= 0.3 is 5.97 Å². The number of fused-ring (bicyclic) bond motifs is 1. The third-order valence-corrected chi connectivity index (χ3v) is 4.70. The summed E-state index contributed by atoms with van der Waals surface area (Å²) < 4.78 is 5.17. The predicted molar refractivity (Wildman–Crippen MR) is 73.4 cm³/mol. The minimum absolute atomic E-state index is 0.0288. The molecule has 0 aromatic heterocycles. The van der Waals surface area contributed by atoms with Gasteiger partial charge in [0.15, 0.2) is 5.78 Å². The average molecular weight is 288 g/mol. The van der Waals surface area contributed by atoms with Crippen molar-refractivity contribution in [2.24, 2.45) is 11.3 Å². The normalized spacial score (nSPS) is 27.8. The second kappa shape index (κ2) is 4.69. The van der Waals surface area contributed by atoms with Gasteiger partial charge in [-0.1, -0.05) is 0 Å². The first kappa shape index (κ1) is 13.8. The van der Waals surface area contributed by atoms with Crippen LogP contribution in [0.5, 0.6) is 5.75 Å². The number of carboxylic acids is 1. The fraction of sp³-hybridized carbons (Fsp3) is 0.438. The number of carbonyl (C=O) groups is 3. The maximum Gasteiger partial charge on any atom is 0.314 e. The molecule has 1 fully saturated rings. The summed E-state index contributed by atoms with van der Waals surface area (Å²) in [5, 5.41) is 9.19. The van der Waals surface area contributed by atoms with Gasteiger partial charge in [0.1, 0.15) is 17.5 Å². The molecule has 0 radical (unpaired) electrons. The molecule has 2 aliphatic rings. The highest BCUT2D eigenvalue weighted by molar-refractivity contribution is 6.08. The van der Waals surface area contributed by atoms with E-state index in [2.05, 4.69) is 0 Å². The Labute approximate surface area is 121 Å². The van der Waals surface area contributed by atoms with Crippen molar-refractivity contribution in [3.8, 4) is 5.75 Å². The van der Waals surface area contributed by atoms with E-state index in [-0.39, 0.29) is 24.4 Å². The minimum atomic E-state index is -1.12. The molecule has 2 atom stereocenters. The van der Waals surface area contributed by atoms with Crippen LogP contribution in [0.15, 0.2) is 18.2 Å². The quantitative estimate of drug-likeness (QED) is 0.840. The van der Waals surface area contributed by atoms with Gasteiger partial charge in [-0.15, -0.1) is 0 Å². The minimum Gasteiger partial charge on any atom is -0.497 e. The molecule has 1 aromatic carbocycles. The maximum atomic E-state index is 12.7. The zero-order valence-corrected chi connectivity index (χ0v) is 11.7. The van der Waals surface area contributed by atoms with Crippen LogP contribution >= 0.6 is 0 Å². The van der Waals surface area contributed by atoms with Crippen LogP contribution in [0.1, 0.15) is 35.2 Å². The van der Waals surface area contributed by atoms with Crippen molar-refractivity contribution >= 4 is 17.5 Å². The Morgan fingerprint density at radius 2 is 2.14 bits per heavy atom. The third-order valence-electron chi connectivity index (χ3n) is 4.70. The molecule has 0 amide bonds. The highest BCUT2D eigenvalue weighted by atomic mass is 16.5. The summed E-state index contributed by atoms with van der Waals surface area (Å²) in [6, 6.07) is 5.30. The number of benzene rings is 1. The molecule has 1 aromatic rings. The van der Waals surface area contributed by atoms with Gasteiger partial charge in [0.05, 0.1) is 7.11 Å². The number of carbonyl (C=O) groups excluding carboxylic acids is 2. The molecule has 21 heavy (non-hydrogen) atoms. The lowest BCUT2D eigenvalue weighted by Gasteiger charge is -2.34. The van der Waals surface area contributed by atoms with E-state index in [9.17, 15) is 19.5 Å². The zero-order valence-electron chi connectivity index (χ0n) is 11.7. The molecule has 1 N–H and O–H groups in total. The van der Waals surface area contributed by atoms with E-state index >= 15 is 0 Å². The summed E-state index contributed by atoms with van der Waals surface area (Å²) in [7, 11) is 1.56. The number of ether oxygens (including phenoxy) is 1. The second-order valence-electron chi connectivity index (χ2n) is 5.87. The molecule has 1 spiro atoms. The predicted octanol–water partition coefficient (Wildman–Crippen LogP) is 1.87. The first-order chi connectivity index (χ1) is 9.97. The summed E-state index contributed by atoms with van der Waals surface area (Å²) >= 11 is 0. The van der Waals surface area contributed by atoms with Crippen LogP contribution < -0.4 is 4.74 Å². The highest BCUT2D eigenvalue weighted by Gasteiger charge is 2.51.